The van der Waals surface area contributed by atoms with Crippen LogP contribution in [0.25, 0.3) is 0 Å². The van der Waals surface area contributed by atoms with E-state index in [1.54, 1.807) is 0 Å². The molecule has 0 saturated carbocycles. The van der Waals surface area contributed by atoms with E-state index < -0.39 is 36.8 Å². The van der Waals surface area contributed by atoms with Gasteiger partial charge in [0.2, 0.25) is 0 Å². The first kappa shape index (κ1) is 15.4. The molecule has 0 heterocycles. The van der Waals surface area contributed by atoms with Gasteiger partial charge in [0.15, 0.2) is 11.6 Å². The fourth-order valence-corrected chi connectivity index (χ4v) is 1.50. The minimum absolute atomic E-state index is 0.0641. The normalized spacial score (nSPS) is 9.90. The number of carboxylic acid groups (broad SMARTS) is 2. The highest BCUT2D eigenvalue weighted by atomic mass is 19.1. The number of hydrogen-bond acceptors (Lipinski definition) is 4. The molecule has 0 spiro atoms. The van der Waals surface area contributed by atoms with Crippen LogP contribution in [0.15, 0.2) is 18.2 Å². The Balaban J connectivity index is 3.04. The molecule has 0 bridgehead atoms. The maximum absolute atomic E-state index is 13.2. The molecule has 0 aliphatic heterocycles. The molecule has 0 unspecified atom stereocenters. The van der Waals surface area contributed by atoms with Gasteiger partial charge in [-0.25, -0.2) is 4.39 Å². The summed E-state index contributed by atoms with van der Waals surface area (Å²) in [5.74, 6) is -4.43. The predicted molar refractivity (Wildman–Crippen MR) is 64.1 cm³/mol. The van der Waals surface area contributed by atoms with Crippen molar-refractivity contribution in [3.8, 4) is 5.75 Å². The molecule has 108 valence electrons. The standard InChI is InChI=1S/C12H12FNO6/c1-20-9-4-7(2-3-8(9)13)12(19)14(5-10(15)16)6-11(17)18/h2-4H,5-6H2,1H3,(H,15,16)(H,17,18). The Morgan fingerprint density at radius 1 is 1.20 bits per heavy atom. The molecule has 1 aromatic carbocycles. The first-order valence-corrected chi connectivity index (χ1v) is 5.41. The summed E-state index contributed by atoms with van der Waals surface area (Å²) in [5.41, 5.74) is -0.0641. The average molecular weight is 285 g/mol. The summed E-state index contributed by atoms with van der Waals surface area (Å²) in [6.07, 6.45) is 0. The molecule has 0 saturated heterocycles. The van der Waals surface area contributed by atoms with Crippen molar-refractivity contribution in [3.63, 3.8) is 0 Å². The van der Waals surface area contributed by atoms with Gasteiger partial charge < -0.3 is 19.8 Å². The van der Waals surface area contributed by atoms with E-state index in [1.165, 1.54) is 7.11 Å². The second kappa shape index (κ2) is 6.50. The van der Waals surface area contributed by atoms with Gasteiger partial charge in [0.25, 0.3) is 5.91 Å². The third kappa shape index (κ3) is 3.94. The number of methoxy groups -OCH3 is 1. The van der Waals surface area contributed by atoms with Gasteiger partial charge in [-0.05, 0) is 18.2 Å². The summed E-state index contributed by atoms with van der Waals surface area (Å²) in [4.78, 5) is 33.9. The Hall–Kier alpha value is -2.64. The third-order valence-corrected chi connectivity index (χ3v) is 2.34. The van der Waals surface area contributed by atoms with Gasteiger partial charge in [0, 0.05) is 5.56 Å². The predicted octanol–water partition coefficient (Wildman–Crippen LogP) is 0.446. The molecule has 1 aromatic rings. The van der Waals surface area contributed by atoms with Gasteiger partial charge in [0.05, 0.1) is 7.11 Å². The quantitative estimate of drug-likeness (QED) is 0.786. The Morgan fingerprint density at radius 2 is 1.75 bits per heavy atom. The fraction of sp³-hybridized carbons (Fsp3) is 0.250. The number of carbonyl (C=O) groups excluding carboxylic acids is 1. The van der Waals surface area contributed by atoms with Crippen LogP contribution in [0.4, 0.5) is 4.39 Å². The number of rotatable bonds is 6. The number of nitrogens with zero attached hydrogens (tertiary/aromatic N) is 1. The van der Waals surface area contributed by atoms with E-state index >= 15 is 0 Å². The number of hydrogen-bond donors (Lipinski definition) is 2. The zero-order valence-electron chi connectivity index (χ0n) is 10.5. The lowest BCUT2D eigenvalue weighted by Gasteiger charge is -2.18. The second-order valence-corrected chi connectivity index (χ2v) is 3.80. The largest absolute Gasteiger partial charge is 0.494 e. The van der Waals surface area contributed by atoms with Crippen molar-refractivity contribution in [2.75, 3.05) is 20.2 Å². The molecule has 0 aliphatic rings. The van der Waals surface area contributed by atoms with Gasteiger partial charge in [-0.15, -0.1) is 0 Å². The van der Waals surface area contributed by atoms with Crippen molar-refractivity contribution in [1.82, 2.24) is 4.90 Å². The van der Waals surface area contributed by atoms with Crippen molar-refractivity contribution >= 4 is 17.8 Å². The summed E-state index contributed by atoms with van der Waals surface area (Å²) < 4.78 is 17.9. The molecule has 0 fully saturated rings. The minimum Gasteiger partial charge on any atom is -0.494 e. The number of benzene rings is 1. The van der Waals surface area contributed by atoms with Crippen LogP contribution in [-0.2, 0) is 9.59 Å². The van der Waals surface area contributed by atoms with E-state index in [4.69, 9.17) is 14.9 Å². The number of halogens is 1. The summed E-state index contributed by atoms with van der Waals surface area (Å²) >= 11 is 0. The van der Waals surface area contributed by atoms with Crippen LogP contribution in [-0.4, -0.2) is 53.2 Å². The van der Waals surface area contributed by atoms with Crippen LogP contribution in [0.1, 0.15) is 10.4 Å². The van der Waals surface area contributed by atoms with Crippen LogP contribution in [0.3, 0.4) is 0 Å². The molecular weight excluding hydrogens is 273 g/mol. The highest BCUT2D eigenvalue weighted by Crippen LogP contribution is 2.19. The minimum atomic E-state index is -1.35. The maximum atomic E-state index is 13.2. The fourth-order valence-electron chi connectivity index (χ4n) is 1.50. The van der Waals surface area contributed by atoms with Crippen molar-refractivity contribution in [2.45, 2.75) is 0 Å². The molecule has 2 N–H and O–H groups in total. The lowest BCUT2D eigenvalue weighted by atomic mass is 10.1. The summed E-state index contributed by atoms with van der Waals surface area (Å²) in [5, 5.41) is 17.3. The molecule has 20 heavy (non-hydrogen) atoms. The van der Waals surface area contributed by atoms with E-state index in [2.05, 4.69) is 0 Å². The SMILES string of the molecule is COc1cc(C(=O)N(CC(=O)O)CC(=O)O)ccc1F. The number of carboxylic acids is 2. The van der Waals surface area contributed by atoms with Gasteiger partial charge >= 0.3 is 11.9 Å². The zero-order chi connectivity index (χ0) is 15.3. The molecule has 0 radical (unpaired) electrons. The van der Waals surface area contributed by atoms with Crippen molar-refractivity contribution < 1.29 is 33.7 Å². The summed E-state index contributed by atoms with van der Waals surface area (Å²) in [6, 6.07) is 3.18. The first-order valence-electron chi connectivity index (χ1n) is 5.41. The highest BCUT2D eigenvalue weighted by molar-refractivity contribution is 5.97. The van der Waals surface area contributed by atoms with E-state index in [1.807, 2.05) is 0 Å². The smallest absolute Gasteiger partial charge is 0.323 e. The lowest BCUT2D eigenvalue weighted by Crippen LogP contribution is -2.39. The molecule has 7 nitrogen and oxygen atoms in total. The topological polar surface area (TPSA) is 104 Å². The maximum Gasteiger partial charge on any atom is 0.323 e. The molecule has 1 rings (SSSR count). The van der Waals surface area contributed by atoms with Crippen LogP contribution >= 0.6 is 0 Å². The van der Waals surface area contributed by atoms with E-state index in [9.17, 15) is 18.8 Å². The number of amides is 1. The first-order chi connectivity index (χ1) is 9.35. The molecule has 0 aliphatic carbocycles. The highest BCUT2D eigenvalue weighted by Gasteiger charge is 2.22. The Kier molecular flexibility index (Phi) is 5.01. The Morgan fingerprint density at radius 3 is 2.20 bits per heavy atom. The van der Waals surface area contributed by atoms with Gasteiger partial charge in [-0.2, -0.15) is 0 Å². The van der Waals surface area contributed by atoms with E-state index in [-0.39, 0.29) is 11.3 Å². The lowest BCUT2D eigenvalue weighted by molar-refractivity contribution is -0.140. The van der Waals surface area contributed by atoms with Crippen molar-refractivity contribution in [1.29, 1.82) is 0 Å². The second-order valence-electron chi connectivity index (χ2n) is 3.80. The molecule has 1 amide bonds. The summed E-state index contributed by atoms with van der Waals surface area (Å²) in [6.45, 7) is -1.55. The number of aliphatic carboxylic acids is 2. The van der Waals surface area contributed by atoms with Gasteiger partial charge in [-0.3, -0.25) is 14.4 Å². The van der Waals surface area contributed by atoms with Crippen LogP contribution in [0, 0.1) is 5.82 Å². The van der Waals surface area contributed by atoms with Crippen molar-refractivity contribution in [2.24, 2.45) is 0 Å². The molecule has 0 aromatic heterocycles. The number of ether oxygens (including phenoxy) is 1. The average Bonchev–Trinajstić information content (AvgIpc) is 2.36. The van der Waals surface area contributed by atoms with Crippen LogP contribution < -0.4 is 4.74 Å². The monoisotopic (exact) mass is 285 g/mol. The van der Waals surface area contributed by atoms with Crippen molar-refractivity contribution in [3.05, 3.63) is 29.6 Å². The third-order valence-electron chi connectivity index (χ3n) is 2.34. The van der Waals surface area contributed by atoms with Crippen LogP contribution in [0.2, 0.25) is 0 Å². The van der Waals surface area contributed by atoms with Gasteiger partial charge in [0.1, 0.15) is 13.1 Å². The van der Waals surface area contributed by atoms with E-state index in [0.29, 0.717) is 4.90 Å². The molecule has 0 atom stereocenters. The molecule has 8 heteroatoms. The number of carbonyl (C=O) groups is 3. The Labute approximate surface area is 113 Å². The summed E-state index contributed by atoms with van der Waals surface area (Å²) in [7, 11) is 1.21. The zero-order valence-corrected chi connectivity index (χ0v) is 10.5. The Bertz CT molecular complexity index is 529. The van der Waals surface area contributed by atoms with Crippen LogP contribution in [0.5, 0.6) is 5.75 Å². The van der Waals surface area contributed by atoms with E-state index in [0.717, 1.165) is 18.2 Å². The van der Waals surface area contributed by atoms with Gasteiger partial charge in [-0.1, -0.05) is 0 Å². The molecular formula is C12H12FNO6.